The monoisotopic (exact) mass is 257 g/mol. The molecule has 0 saturated carbocycles. The molecule has 1 aromatic carbocycles. The van der Waals surface area contributed by atoms with Gasteiger partial charge in [0.25, 0.3) is 0 Å². The SMILES string of the molecule is CC(C)OC(=O)c1cc(N=C=O)c(F)cc1Cl. The highest BCUT2D eigenvalue weighted by Gasteiger charge is 2.17. The van der Waals surface area contributed by atoms with Gasteiger partial charge < -0.3 is 4.74 Å². The van der Waals surface area contributed by atoms with E-state index in [0.29, 0.717) is 0 Å². The Morgan fingerprint density at radius 2 is 2.18 bits per heavy atom. The summed E-state index contributed by atoms with van der Waals surface area (Å²) in [5.74, 6) is -1.51. The molecule has 90 valence electrons. The van der Waals surface area contributed by atoms with E-state index in [-0.39, 0.29) is 22.4 Å². The molecule has 0 atom stereocenters. The maximum atomic E-state index is 13.2. The number of carbonyl (C=O) groups is 1. The maximum absolute atomic E-state index is 13.2. The molecule has 0 aliphatic rings. The van der Waals surface area contributed by atoms with Crippen molar-refractivity contribution < 1.29 is 18.7 Å². The number of nitrogens with zero attached hydrogens (tertiary/aromatic N) is 1. The number of rotatable bonds is 3. The minimum absolute atomic E-state index is 0.0456. The third-order valence-electron chi connectivity index (χ3n) is 1.77. The predicted molar refractivity (Wildman–Crippen MR) is 59.7 cm³/mol. The molecule has 17 heavy (non-hydrogen) atoms. The summed E-state index contributed by atoms with van der Waals surface area (Å²) in [5.41, 5.74) is -0.351. The zero-order chi connectivity index (χ0) is 13.0. The quantitative estimate of drug-likeness (QED) is 0.475. The Morgan fingerprint density at radius 3 is 2.71 bits per heavy atom. The zero-order valence-corrected chi connectivity index (χ0v) is 9.92. The van der Waals surface area contributed by atoms with Crippen LogP contribution in [0.5, 0.6) is 0 Å². The van der Waals surface area contributed by atoms with Gasteiger partial charge in [-0.05, 0) is 26.0 Å². The number of hydrogen-bond acceptors (Lipinski definition) is 4. The highest BCUT2D eigenvalue weighted by Crippen LogP contribution is 2.26. The Labute approximate surface area is 102 Å². The van der Waals surface area contributed by atoms with Crippen molar-refractivity contribution in [3.8, 4) is 0 Å². The third kappa shape index (κ3) is 3.37. The number of esters is 1. The summed E-state index contributed by atoms with van der Waals surface area (Å²) in [6.45, 7) is 3.33. The summed E-state index contributed by atoms with van der Waals surface area (Å²) in [6.07, 6.45) is 0.859. The number of isocyanates is 1. The normalized spacial score (nSPS) is 9.94. The van der Waals surface area contributed by atoms with E-state index in [4.69, 9.17) is 16.3 Å². The van der Waals surface area contributed by atoms with E-state index >= 15 is 0 Å². The van der Waals surface area contributed by atoms with Crippen LogP contribution in [-0.4, -0.2) is 18.2 Å². The van der Waals surface area contributed by atoms with Crippen molar-refractivity contribution in [2.24, 2.45) is 4.99 Å². The zero-order valence-electron chi connectivity index (χ0n) is 9.16. The summed E-state index contributed by atoms with van der Waals surface area (Å²) in [6, 6.07) is 1.95. The molecule has 0 heterocycles. The van der Waals surface area contributed by atoms with Crippen LogP contribution in [0.3, 0.4) is 0 Å². The van der Waals surface area contributed by atoms with Crippen molar-refractivity contribution in [1.82, 2.24) is 0 Å². The van der Waals surface area contributed by atoms with Gasteiger partial charge in [0.15, 0.2) is 5.82 Å². The summed E-state index contributed by atoms with van der Waals surface area (Å²) in [7, 11) is 0. The second-order valence-electron chi connectivity index (χ2n) is 3.44. The van der Waals surface area contributed by atoms with Crippen LogP contribution in [0, 0.1) is 5.82 Å². The van der Waals surface area contributed by atoms with Crippen LogP contribution < -0.4 is 0 Å². The molecule has 0 bridgehead atoms. The molecule has 0 radical (unpaired) electrons. The average Bonchev–Trinajstić information content (AvgIpc) is 2.21. The Morgan fingerprint density at radius 1 is 1.53 bits per heavy atom. The fraction of sp³-hybridized carbons (Fsp3) is 0.273. The number of carbonyl (C=O) groups excluding carboxylic acids is 2. The van der Waals surface area contributed by atoms with Gasteiger partial charge in [-0.1, -0.05) is 11.6 Å². The van der Waals surface area contributed by atoms with Gasteiger partial charge in [-0.3, -0.25) is 0 Å². The lowest BCUT2D eigenvalue weighted by molar-refractivity contribution is 0.0378. The van der Waals surface area contributed by atoms with Gasteiger partial charge in [0, 0.05) is 0 Å². The van der Waals surface area contributed by atoms with Crippen molar-refractivity contribution in [2.75, 3.05) is 0 Å². The van der Waals surface area contributed by atoms with Gasteiger partial charge in [-0.25, -0.2) is 14.0 Å². The molecule has 0 fully saturated rings. The second-order valence-corrected chi connectivity index (χ2v) is 3.85. The van der Waals surface area contributed by atoms with Gasteiger partial charge in [0.1, 0.15) is 5.69 Å². The molecule has 6 heteroatoms. The molecule has 0 saturated heterocycles. The van der Waals surface area contributed by atoms with Gasteiger partial charge in [-0.2, -0.15) is 4.99 Å². The third-order valence-corrected chi connectivity index (χ3v) is 2.08. The van der Waals surface area contributed by atoms with Gasteiger partial charge in [0.05, 0.1) is 16.7 Å². The van der Waals surface area contributed by atoms with E-state index in [1.54, 1.807) is 13.8 Å². The lowest BCUT2D eigenvalue weighted by Gasteiger charge is -2.09. The first-order valence-corrected chi connectivity index (χ1v) is 5.11. The van der Waals surface area contributed by atoms with Gasteiger partial charge in [-0.15, -0.1) is 0 Å². The number of hydrogen-bond donors (Lipinski definition) is 0. The fourth-order valence-corrected chi connectivity index (χ4v) is 1.33. The first-order chi connectivity index (χ1) is 7.95. The number of benzene rings is 1. The van der Waals surface area contributed by atoms with Crippen molar-refractivity contribution in [3.63, 3.8) is 0 Å². The molecule has 1 rings (SSSR count). The van der Waals surface area contributed by atoms with Crippen molar-refractivity contribution in [3.05, 3.63) is 28.5 Å². The van der Waals surface area contributed by atoms with Crippen molar-refractivity contribution >= 4 is 29.3 Å². The number of aliphatic imine (C=N–C) groups is 1. The number of halogens is 2. The summed E-state index contributed by atoms with van der Waals surface area (Å²) in [5, 5.41) is -0.0991. The molecule has 0 aromatic heterocycles. The molecular formula is C11H9ClFNO3. The van der Waals surface area contributed by atoms with Gasteiger partial charge >= 0.3 is 5.97 Å². The minimum Gasteiger partial charge on any atom is -0.459 e. The second kappa shape index (κ2) is 5.57. The van der Waals surface area contributed by atoms with Crippen LogP contribution >= 0.6 is 11.6 Å². The summed E-state index contributed by atoms with van der Waals surface area (Å²) < 4.78 is 18.1. The standard InChI is InChI=1S/C11H9ClFNO3/c1-6(2)17-11(16)7-3-10(14-5-15)9(13)4-8(7)12/h3-4,6H,1-2H3. The topological polar surface area (TPSA) is 55.7 Å². The molecule has 1 aromatic rings. The Kier molecular flexibility index (Phi) is 4.37. The molecule has 0 spiro atoms. The Balaban J connectivity index is 3.20. The first kappa shape index (κ1) is 13.4. The molecule has 0 N–H and O–H groups in total. The van der Waals surface area contributed by atoms with E-state index in [2.05, 4.69) is 4.99 Å². The van der Waals surface area contributed by atoms with E-state index in [0.717, 1.165) is 12.1 Å². The number of ether oxygens (including phenoxy) is 1. The van der Waals surface area contributed by atoms with Gasteiger partial charge in [0.2, 0.25) is 6.08 Å². The molecule has 0 aliphatic carbocycles. The summed E-state index contributed by atoms with van der Waals surface area (Å²) in [4.78, 5) is 24.8. The van der Waals surface area contributed by atoms with Crippen LogP contribution in [0.15, 0.2) is 17.1 Å². The van der Waals surface area contributed by atoms with Crippen LogP contribution in [0.25, 0.3) is 0 Å². The van der Waals surface area contributed by atoms with E-state index in [9.17, 15) is 14.0 Å². The van der Waals surface area contributed by atoms with Crippen LogP contribution in [0.1, 0.15) is 24.2 Å². The molecule has 0 aliphatic heterocycles. The van der Waals surface area contributed by atoms with Crippen molar-refractivity contribution in [1.29, 1.82) is 0 Å². The Hall–Kier alpha value is -1.71. The Bertz CT molecular complexity index is 496. The highest BCUT2D eigenvalue weighted by atomic mass is 35.5. The highest BCUT2D eigenvalue weighted by molar-refractivity contribution is 6.33. The molecule has 0 amide bonds. The fourth-order valence-electron chi connectivity index (χ4n) is 1.11. The van der Waals surface area contributed by atoms with Crippen molar-refractivity contribution in [2.45, 2.75) is 20.0 Å². The largest absolute Gasteiger partial charge is 0.459 e. The lowest BCUT2D eigenvalue weighted by atomic mass is 10.2. The predicted octanol–water partition coefficient (Wildman–Crippen LogP) is 3.01. The smallest absolute Gasteiger partial charge is 0.339 e. The van der Waals surface area contributed by atoms with E-state index in [1.807, 2.05) is 0 Å². The minimum atomic E-state index is -0.806. The molecular weight excluding hydrogens is 249 g/mol. The van der Waals surface area contributed by atoms with Crippen LogP contribution in [0.4, 0.5) is 10.1 Å². The molecule has 4 nitrogen and oxygen atoms in total. The average molecular weight is 258 g/mol. The summed E-state index contributed by atoms with van der Waals surface area (Å²) >= 11 is 5.70. The molecule has 0 unspecified atom stereocenters. The maximum Gasteiger partial charge on any atom is 0.339 e. The first-order valence-electron chi connectivity index (χ1n) is 4.73. The lowest BCUT2D eigenvalue weighted by Crippen LogP contribution is -2.12. The van der Waals surface area contributed by atoms with Crippen LogP contribution in [0.2, 0.25) is 5.02 Å². The van der Waals surface area contributed by atoms with Crippen LogP contribution in [-0.2, 0) is 9.53 Å². The van der Waals surface area contributed by atoms with E-state index in [1.165, 1.54) is 6.08 Å². The van der Waals surface area contributed by atoms with E-state index < -0.39 is 11.8 Å².